The van der Waals surface area contributed by atoms with Crippen LogP contribution in [0.2, 0.25) is 5.02 Å². The van der Waals surface area contributed by atoms with E-state index in [1.807, 2.05) is 24.3 Å². The van der Waals surface area contributed by atoms with Gasteiger partial charge in [0.05, 0.1) is 11.1 Å². The molecule has 1 aliphatic rings. The van der Waals surface area contributed by atoms with Gasteiger partial charge in [0.1, 0.15) is 5.69 Å². The van der Waals surface area contributed by atoms with Crippen LogP contribution in [0.3, 0.4) is 0 Å². The smallest absolute Gasteiger partial charge is 0.368 e. The SMILES string of the molecule is CC(CC(=N)Cc1ccc(C(F)(F)F)cc1)NC(=O)c1ccc(C(=O)N2CCN(c3ccc(Cl)cc3)CC2)cn1. The van der Waals surface area contributed by atoms with E-state index in [1.54, 1.807) is 17.9 Å². The number of carbonyl (C=O) groups excluding carboxylic acids is 2. The third kappa shape index (κ3) is 7.59. The highest BCUT2D eigenvalue weighted by molar-refractivity contribution is 6.30. The molecule has 40 heavy (non-hydrogen) atoms. The normalized spacial score (nSPS) is 14.5. The first-order valence-corrected chi connectivity index (χ1v) is 13.2. The molecular formula is C29H29ClF3N5O2. The van der Waals surface area contributed by atoms with E-state index >= 15 is 0 Å². The van der Waals surface area contributed by atoms with Crippen molar-refractivity contribution >= 4 is 34.8 Å². The fourth-order valence-electron chi connectivity index (χ4n) is 4.51. The summed E-state index contributed by atoms with van der Waals surface area (Å²) in [5.41, 5.74) is 1.72. The van der Waals surface area contributed by atoms with Crippen molar-refractivity contribution < 1.29 is 22.8 Å². The molecule has 0 spiro atoms. The van der Waals surface area contributed by atoms with Crippen molar-refractivity contribution in [2.75, 3.05) is 31.1 Å². The molecule has 3 aromatic rings. The Balaban J connectivity index is 1.24. The third-order valence-electron chi connectivity index (χ3n) is 6.63. The van der Waals surface area contributed by atoms with Crippen LogP contribution in [0.5, 0.6) is 0 Å². The molecule has 0 aliphatic carbocycles. The fraction of sp³-hybridized carbons (Fsp3) is 0.310. The molecule has 210 valence electrons. The van der Waals surface area contributed by atoms with Gasteiger partial charge in [-0.2, -0.15) is 13.2 Å². The summed E-state index contributed by atoms with van der Waals surface area (Å²) in [5, 5.41) is 11.6. The Hall–Kier alpha value is -3.92. The average Bonchev–Trinajstić information content (AvgIpc) is 2.93. The zero-order valence-electron chi connectivity index (χ0n) is 21.8. The van der Waals surface area contributed by atoms with E-state index in [2.05, 4.69) is 15.2 Å². The van der Waals surface area contributed by atoms with E-state index in [4.69, 9.17) is 17.0 Å². The van der Waals surface area contributed by atoms with Gasteiger partial charge in [-0.15, -0.1) is 0 Å². The summed E-state index contributed by atoms with van der Waals surface area (Å²) in [4.78, 5) is 33.7. The molecule has 1 aliphatic heterocycles. The molecule has 0 radical (unpaired) electrons. The van der Waals surface area contributed by atoms with Crippen molar-refractivity contribution in [1.82, 2.24) is 15.2 Å². The van der Waals surface area contributed by atoms with Crippen molar-refractivity contribution in [3.63, 3.8) is 0 Å². The number of carbonyl (C=O) groups is 2. The number of nitrogens with zero attached hydrogens (tertiary/aromatic N) is 3. The molecule has 1 aromatic heterocycles. The lowest BCUT2D eigenvalue weighted by Crippen LogP contribution is -2.48. The van der Waals surface area contributed by atoms with Crippen molar-refractivity contribution in [2.24, 2.45) is 0 Å². The minimum Gasteiger partial charge on any atom is -0.368 e. The van der Waals surface area contributed by atoms with Crippen molar-refractivity contribution in [3.8, 4) is 0 Å². The Morgan fingerprint density at radius 1 is 1.00 bits per heavy atom. The maximum Gasteiger partial charge on any atom is 0.416 e. The Morgan fingerprint density at radius 3 is 2.23 bits per heavy atom. The minimum atomic E-state index is -4.40. The fourth-order valence-corrected chi connectivity index (χ4v) is 4.63. The van der Waals surface area contributed by atoms with E-state index in [1.165, 1.54) is 24.4 Å². The van der Waals surface area contributed by atoms with Crippen LogP contribution in [0.15, 0.2) is 66.9 Å². The van der Waals surface area contributed by atoms with Gasteiger partial charge in [-0.05, 0) is 61.0 Å². The number of alkyl halides is 3. The molecule has 2 heterocycles. The molecule has 1 saturated heterocycles. The van der Waals surface area contributed by atoms with Crippen LogP contribution in [0.25, 0.3) is 0 Å². The molecule has 7 nitrogen and oxygen atoms in total. The van der Waals surface area contributed by atoms with Crippen molar-refractivity contribution in [2.45, 2.75) is 32.0 Å². The summed E-state index contributed by atoms with van der Waals surface area (Å²) in [5.74, 6) is -0.592. The Kier molecular flexibility index (Phi) is 9.09. The first-order chi connectivity index (χ1) is 19.0. The van der Waals surface area contributed by atoms with Crippen LogP contribution in [-0.4, -0.2) is 59.6 Å². The molecule has 1 unspecified atom stereocenters. The van der Waals surface area contributed by atoms with Crippen LogP contribution < -0.4 is 10.2 Å². The maximum atomic E-state index is 13.0. The number of pyridine rings is 1. The van der Waals surface area contributed by atoms with Crippen LogP contribution >= 0.6 is 11.6 Å². The van der Waals surface area contributed by atoms with Crippen molar-refractivity contribution in [3.05, 3.63) is 94.3 Å². The lowest BCUT2D eigenvalue weighted by Gasteiger charge is -2.36. The van der Waals surface area contributed by atoms with Crippen LogP contribution in [0.1, 0.15) is 45.3 Å². The number of anilines is 1. The van der Waals surface area contributed by atoms with Gasteiger partial charge >= 0.3 is 6.18 Å². The van der Waals surface area contributed by atoms with Gasteiger partial charge in [-0.25, -0.2) is 0 Å². The van der Waals surface area contributed by atoms with Gasteiger partial charge in [-0.1, -0.05) is 23.7 Å². The van der Waals surface area contributed by atoms with Gasteiger partial charge in [-0.3, -0.25) is 14.6 Å². The topological polar surface area (TPSA) is 89.4 Å². The number of nitrogens with one attached hydrogen (secondary N) is 2. The molecule has 1 fully saturated rings. The minimum absolute atomic E-state index is 0.144. The number of amides is 2. The maximum absolute atomic E-state index is 13.0. The van der Waals surface area contributed by atoms with E-state index in [9.17, 15) is 22.8 Å². The van der Waals surface area contributed by atoms with Gasteiger partial charge in [0.25, 0.3) is 11.8 Å². The molecule has 2 N–H and O–H groups in total. The Bertz CT molecular complexity index is 1340. The molecular weight excluding hydrogens is 543 g/mol. The van der Waals surface area contributed by atoms with E-state index < -0.39 is 23.7 Å². The molecule has 2 aromatic carbocycles. The van der Waals surface area contributed by atoms with Crippen molar-refractivity contribution in [1.29, 1.82) is 5.41 Å². The predicted octanol–water partition coefficient (Wildman–Crippen LogP) is 5.49. The Labute approximate surface area is 235 Å². The van der Waals surface area contributed by atoms with Crippen LogP contribution in [0, 0.1) is 5.41 Å². The summed E-state index contributed by atoms with van der Waals surface area (Å²) in [6.45, 7) is 4.22. The second-order valence-corrected chi connectivity index (χ2v) is 10.2. The molecule has 11 heteroatoms. The molecule has 4 rings (SSSR count). The second kappa shape index (κ2) is 12.5. The highest BCUT2D eigenvalue weighted by Gasteiger charge is 2.30. The molecule has 0 bridgehead atoms. The number of rotatable bonds is 8. The van der Waals surface area contributed by atoms with E-state index in [0.717, 1.165) is 17.8 Å². The highest BCUT2D eigenvalue weighted by Crippen LogP contribution is 2.29. The first-order valence-electron chi connectivity index (χ1n) is 12.8. The number of benzene rings is 2. The number of hydrogen-bond donors (Lipinski definition) is 2. The predicted molar refractivity (Wildman–Crippen MR) is 148 cm³/mol. The highest BCUT2D eigenvalue weighted by atomic mass is 35.5. The van der Waals surface area contributed by atoms with Gasteiger partial charge < -0.3 is 20.5 Å². The summed E-state index contributed by atoms with van der Waals surface area (Å²) in [6.07, 6.45) is -2.61. The number of aromatic nitrogens is 1. The molecule has 2 amide bonds. The number of halogens is 4. The number of hydrogen-bond acceptors (Lipinski definition) is 5. The summed E-state index contributed by atoms with van der Waals surface area (Å²) >= 11 is 5.96. The largest absolute Gasteiger partial charge is 0.416 e. The van der Waals surface area contributed by atoms with Gasteiger partial charge in [0.15, 0.2) is 0 Å². The summed E-state index contributed by atoms with van der Waals surface area (Å²) in [6, 6.07) is 15.0. The van der Waals surface area contributed by atoms with Gasteiger partial charge in [0, 0.05) is 67.7 Å². The number of piperazine rings is 1. The average molecular weight is 572 g/mol. The van der Waals surface area contributed by atoms with Crippen LogP contribution in [0.4, 0.5) is 18.9 Å². The lowest BCUT2D eigenvalue weighted by atomic mass is 10.0. The van der Waals surface area contributed by atoms with Crippen LogP contribution in [-0.2, 0) is 12.6 Å². The second-order valence-electron chi connectivity index (χ2n) is 9.74. The third-order valence-corrected chi connectivity index (χ3v) is 6.88. The van der Waals surface area contributed by atoms with E-state index in [-0.39, 0.29) is 30.2 Å². The molecule has 0 saturated carbocycles. The zero-order valence-corrected chi connectivity index (χ0v) is 22.6. The standard InChI is InChI=1S/C29H29ClF3N5O2/c1-19(16-24(34)17-20-2-5-22(6-3-20)29(31,32)33)36-27(39)26-11-4-21(18-35-26)28(40)38-14-12-37(13-15-38)25-9-7-23(30)8-10-25/h2-11,18-19,34H,12-17H2,1H3,(H,36,39). The molecule has 1 atom stereocenters. The Morgan fingerprint density at radius 2 is 1.65 bits per heavy atom. The first kappa shape index (κ1) is 29.1. The monoisotopic (exact) mass is 571 g/mol. The van der Waals surface area contributed by atoms with Gasteiger partial charge in [0.2, 0.25) is 0 Å². The quantitative estimate of drug-likeness (QED) is 0.350. The summed E-state index contributed by atoms with van der Waals surface area (Å²) < 4.78 is 38.2. The lowest BCUT2D eigenvalue weighted by molar-refractivity contribution is -0.137. The summed E-state index contributed by atoms with van der Waals surface area (Å²) in [7, 11) is 0. The zero-order chi connectivity index (χ0) is 28.9. The van der Waals surface area contributed by atoms with E-state index in [0.29, 0.717) is 42.3 Å².